The smallest absolute Gasteiger partial charge is 0.331 e. The molecule has 1 aliphatic rings. The Kier molecular flexibility index (Phi) is 6.16. The third kappa shape index (κ3) is 4.95. The fourth-order valence-corrected chi connectivity index (χ4v) is 2.11. The number of fused-ring (bicyclic) bond motifs is 1. The summed E-state index contributed by atoms with van der Waals surface area (Å²) in [6.07, 6.45) is 1.29. The molecule has 0 radical (unpaired) electrons. The minimum Gasteiger partial charge on any atom is -0.454 e. The third-order valence-electron chi connectivity index (χ3n) is 3.46. The molecule has 1 atom stereocenters. The summed E-state index contributed by atoms with van der Waals surface area (Å²) in [4.78, 5) is 34.2. The number of rotatable bonds is 7. The molecule has 0 aliphatic carbocycles. The van der Waals surface area contributed by atoms with Crippen LogP contribution in [0.2, 0.25) is 0 Å². The van der Waals surface area contributed by atoms with Gasteiger partial charge in [0.15, 0.2) is 17.6 Å². The van der Waals surface area contributed by atoms with Crippen molar-refractivity contribution in [2.24, 2.45) is 5.92 Å². The number of carbonyl (C=O) groups is 2. The van der Waals surface area contributed by atoms with Crippen LogP contribution in [-0.2, 0) is 14.3 Å². The highest BCUT2D eigenvalue weighted by molar-refractivity contribution is 5.91. The number of esters is 1. The molecule has 1 N–H and O–H groups in total. The van der Waals surface area contributed by atoms with Crippen molar-refractivity contribution in [1.82, 2.24) is 5.32 Å². The average molecular weight is 364 g/mol. The van der Waals surface area contributed by atoms with Crippen molar-refractivity contribution in [3.8, 4) is 11.5 Å². The van der Waals surface area contributed by atoms with E-state index in [1.165, 1.54) is 25.1 Å². The van der Waals surface area contributed by atoms with E-state index in [0.29, 0.717) is 12.3 Å². The number of carbonyl (C=O) groups excluding carboxylic acids is 2. The molecule has 1 aromatic rings. The van der Waals surface area contributed by atoms with E-state index in [2.05, 4.69) is 5.32 Å². The second kappa shape index (κ2) is 8.32. The topological polar surface area (TPSA) is 117 Å². The summed E-state index contributed by atoms with van der Waals surface area (Å²) in [5, 5.41) is 13.8. The quantitative estimate of drug-likeness (QED) is 0.340. The zero-order chi connectivity index (χ0) is 19.3. The number of hydrogen-bond donors (Lipinski definition) is 1. The van der Waals surface area contributed by atoms with E-state index < -0.39 is 22.9 Å². The number of ether oxygens (including phenoxy) is 3. The van der Waals surface area contributed by atoms with Gasteiger partial charge in [0.2, 0.25) is 6.79 Å². The molecule has 0 unspecified atom stereocenters. The molecule has 0 bridgehead atoms. The van der Waals surface area contributed by atoms with Gasteiger partial charge in [0.25, 0.3) is 11.6 Å². The molecule has 140 valence electrons. The van der Waals surface area contributed by atoms with E-state index in [9.17, 15) is 19.7 Å². The Labute approximate surface area is 150 Å². The lowest BCUT2D eigenvalue weighted by molar-refractivity contribution is -0.385. The zero-order valence-electron chi connectivity index (χ0n) is 14.7. The van der Waals surface area contributed by atoms with Crippen molar-refractivity contribution in [1.29, 1.82) is 0 Å². The number of amides is 1. The molecule has 0 spiro atoms. The van der Waals surface area contributed by atoms with E-state index in [4.69, 9.17) is 14.2 Å². The van der Waals surface area contributed by atoms with Gasteiger partial charge >= 0.3 is 5.97 Å². The Bertz CT molecular complexity index is 743. The van der Waals surface area contributed by atoms with Crippen molar-refractivity contribution in [3.05, 3.63) is 33.9 Å². The number of nitro benzene ring substituents is 1. The van der Waals surface area contributed by atoms with Crippen LogP contribution in [0.15, 0.2) is 18.2 Å². The Morgan fingerprint density at radius 2 is 1.96 bits per heavy atom. The van der Waals surface area contributed by atoms with Crippen molar-refractivity contribution >= 4 is 23.6 Å². The molecule has 9 nitrogen and oxygen atoms in total. The van der Waals surface area contributed by atoms with Crippen molar-refractivity contribution in [2.45, 2.75) is 26.9 Å². The SMILES string of the molecule is CC(C)CNC(=O)[C@H](C)OC(=O)/C=C/c1cc2c(cc1[N+](=O)[O-])OCO2. The minimum absolute atomic E-state index is 0.0231. The molecule has 1 heterocycles. The second-order valence-electron chi connectivity index (χ2n) is 6.07. The molecule has 0 aromatic heterocycles. The first-order valence-corrected chi connectivity index (χ1v) is 8.02. The first-order valence-electron chi connectivity index (χ1n) is 8.02. The predicted molar refractivity (Wildman–Crippen MR) is 91.7 cm³/mol. The molecule has 26 heavy (non-hydrogen) atoms. The summed E-state index contributed by atoms with van der Waals surface area (Å²) in [5.74, 6) is -0.302. The molecule has 2 rings (SSSR count). The van der Waals surface area contributed by atoms with Gasteiger partial charge in [-0.15, -0.1) is 0 Å². The van der Waals surface area contributed by atoms with Gasteiger partial charge in [-0.2, -0.15) is 0 Å². The average Bonchev–Trinajstić information content (AvgIpc) is 3.03. The van der Waals surface area contributed by atoms with Crippen LogP contribution in [0.1, 0.15) is 26.3 Å². The first kappa shape index (κ1) is 19.2. The van der Waals surface area contributed by atoms with E-state index >= 15 is 0 Å². The first-order chi connectivity index (χ1) is 12.3. The molecular formula is C17H20N2O7. The van der Waals surface area contributed by atoms with Crippen LogP contribution in [0, 0.1) is 16.0 Å². The highest BCUT2D eigenvalue weighted by atomic mass is 16.7. The van der Waals surface area contributed by atoms with Crippen LogP contribution in [0.25, 0.3) is 6.08 Å². The van der Waals surface area contributed by atoms with Gasteiger partial charge in [-0.1, -0.05) is 13.8 Å². The Balaban J connectivity index is 2.04. The summed E-state index contributed by atoms with van der Waals surface area (Å²) in [6, 6.07) is 2.64. The molecule has 1 aromatic carbocycles. The molecular weight excluding hydrogens is 344 g/mol. The Morgan fingerprint density at radius 3 is 2.58 bits per heavy atom. The predicted octanol–water partition coefficient (Wildman–Crippen LogP) is 2.04. The summed E-state index contributed by atoms with van der Waals surface area (Å²) in [7, 11) is 0. The monoisotopic (exact) mass is 364 g/mol. The summed E-state index contributed by atoms with van der Waals surface area (Å²) in [6.45, 7) is 5.78. The number of hydrogen-bond acceptors (Lipinski definition) is 7. The van der Waals surface area contributed by atoms with Crippen LogP contribution in [-0.4, -0.2) is 36.2 Å². The molecule has 0 saturated heterocycles. The fourth-order valence-electron chi connectivity index (χ4n) is 2.11. The van der Waals surface area contributed by atoms with Gasteiger partial charge in [-0.05, 0) is 25.0 Å². The highest BCUT2D eigenvalue weighted by Gasteiger charge is 2.22. The largest absolute Gasteiger partial charge is 0.454 e. The van der Waals surface area contributed by atoms with Crippen LogP contribution >= 0.6 is 0 Å². The van der Waals surface area contributed by atoms with Gasteiger partial charge in [0, 0.05) is 12.6 Å². The van der Waals surface area contributed by atoms with Crippen molar-refractivity contribution in [2.75, 3.05) is 13.3 Å². The summed E-state index contributed by atoms with van der Waals surface area (Å²) in [5.41, 5.74) is -0.0749. The Morgan fingerprint density at radius 1 is 1.31 bits per heavy atom. The van der Waals surface area contributed by atoms with E-state index in [0.717, 1.165) is 6.08 Å². The Hall–Kier alpha value is -3.10. The van der Waals surface area contributed by atoms with Crippen LogP contribution in [0.3, 0.4) is 0 Å². The maximum atomic E-state index is 11.9. The number of benzene rings is 1. The molecule has 9 heteroatoms. The van der Waals surface area contributed by atoms with E-state index in [1.807, 2.05) is 13.8 Å². The minimum atomic E-state index is -0.974. The summed E-state index contributed by atoms with van der Waals surface area (Å²) < 4.78 is 15.3. The summed E-state index contributed by atoms with van der Waals surface area (Å²) >= 11 is 0. The van der Waals surface area contributed by atoms with Crippen LogP contribution in [0.4, 0.5) is 5.69 Å². The molecule has 0 fully saturated rings. The van der Waals surface area contributed by atoms with Gasteiger partial charge < -0.3 is 19.5 Å². The zero-order valence-corrected chi connectivity index (χ0v) is 14.7. The van der Waals surface area contributed by atoms with Gasteiger partial charge in [0.05, 0.1) is 16.6 Å². The molecule has 1 amide bonds. The van der Waals surface area contributed by atoms with Crippen LogP contribution < -0.4 is 14.8 Å². The standard InChI is InChI=1S/C17H20N2O7/c1-10(2)8-18-17(21)11(3)26-16(20)5-4-12-6-14-15(25-9-24-14)7-13(12)19(22)23/h4-7,10-11H,8-9H2,1-3H3,(H,18,21)/b5-4+/t11-/m0/s1. The second-order valence-corrected chi connectivity index (χ2v) is 6.07. The maximum absolute atomic E-state index is 11.9. The third-order valence-corrected chi connectivity index (χ3v) is 3.46. The van der Waals surface area contributed by atoms with Gasteiger partial charge in [0.1, 0.15) is 0 Å². The van der Waals surface area contributed by atoms with Crippen LogP contribution in [0.5, 0.6) is 11.5 Å². The molecule has 0 saturated carbocycles. The van der Waals surface area contributed by atoms with E-state index in [1.54, 1.807) is 0 Å². The van der Waals surface area contributed by atoms with E-state index in [-0.39, 0.29) is 29.7 Å². The number of nitro groups is 1. The molecule has 1 aliphatic heterocycles. The highest BCUT2D eigenvalue weighted by Crippen LogP contribution is 2.38. The van der Waals surface area contributed by atoms with Crippen molar-refractivity contribution in [3.63, 3.8) is 0 Å². The number of nitrogens with zero attached hydrogens (tertiary/aromatic N) is 1. The fraction of sp³-hybridized carbons (Fsp3) is 0.412. The lowest BCUT2D eigenvalue weighted by atomic mass is 10.1. The van der Waals surface area contributed by atoms with Crippen molar-refractivity contribution < 1.29 is 28.7 Å². The lowest BCUT2D eigenvalue weighted by Gasteiger charge is -2.13. The van der Waals surface area contributed by atoms with Gasteiger partial charge in [-0.25, -0.2) is 4.79 Å². The maximum Gasteiger partial charge on any atom is 0.331 e. The lowest BCUT2D eigenvalue weighted by Crippen LogP contribution is -2.37. The number of nitrogens with one attached hydrogen (secondary N) is 1. The normalized spacial score (nSPS) is 13.7. The van der Waals surface area contributed by atoms with Gasteiger partial charge in [-0.3, -0.25) is 14.9 Å².